The van der Waals surface area contributed by atoms with Gasteiger partial charge in [0.1, 0.15) is 11.5 Å². The summed E-state index contributed by atoms with van der Waals surface area (Å²) in [7, 11) is -2.08. The van der Waals surface area contributed by atoms with Gasteiger partial charge in [0.05, 0.1) is 31.6 Å². The van der Waals surface area contributed by atoms with Crippen molar-refractivity contribution in [1.29, 1.82) is 0 Å². The summed E-state index contributed by atoms with van der Waals surface area (Å²) < 4.78 is 30.1. The van der Waals surface area contributed by atoms with Gasteiger partial charge in [-0.2, -0.15) is 0 Å². The maximum Gasteiger partial charge on any atom is 0.229 e. The van der Waals surface area contributed by atoms with E-state index >= 15 is 0 Å². The Kier molecular flexibility index (Phi) is 6.71. The molecule has 0 aromatic heterocycles. The number of sulfonamides is 1. The number of ether oxygens (including phenoxy) is 1. The number of nitrogens with two attached hydrogens (primary N) is 1. The lowest BCUT2D eigenvalue weighted by atomic mass is 10.1. The van der Waals surface area contributed by atoms with Crippen LogP contribution in [0.25, 0.3) is 0 Å². The van der Waals surface area contributed by atoms with E-state index in [0.717, 1.165) is 6.26 Å². The summed E-state index contributed by atoms with van der Waals surface area (Å²) in [6, 6.07) is 9.20. The van der Waals surface area contributed by atoms with Gasteiger partial charge in [0, 0.05) is 12.2 Å². The number of phenolic OH excluding ortho intramolecular Hbond substituents is 1. The van der Waals surface area contributed by atoms with Gasteiger partial charge in [0.2, 0.25) is 15.9 Å². The van der Waals surface area contributed by atoms with Gasteiger partial charge >= 0.3 is 0 Å². The van der Waals surface area contributed by atoms with Crippen molar-refractivity contribution in [2.75, 3.05) is 29.9 Å². The Hall–Kier alpha value is -2.98. The van der Waals surface area contributed by atoms with Crippen molar-refractivity contribution in [2.24, 2.45) is 5.73 Å². The van der Waals surface area contributed by atoms with E-state index < -0.39 is 22.0 Å². The van der Waals surface area contributed by atoms with Crippen LogP contribution in [0.3, 0.4) is 0 Å². The molecule has 2 aromatic carbocycles. The molecule has 1 amide bonds. The van der Waals surface area contributed by atoms with Gasteiger partial charge in [-0.05, 0) is 41.5 Å². The van der Waals surface area contributed by atoms with Crippen LogP contribution in [0, 0.1) is 0 Å². The van der Waals surface area contributed by atoms with Crippen molar-refractivity contribution in [3.63, 3.8) is 0 Å². The molecule has 2 rings (SSSR count). The summed E-state index contributed by atoms with van der Waals surface area (Å²) in [6.07, 6.45) is -0.0533. The molecular formula is C18H23N3O6S. The van der Waals surface area contributed by atoms with Crippen LogP contribution in [-0.4, -0.2) is 44.4 Å². The maximum atomic E-state index is 11.4. The summed E-state index contributed by atoms with van der Waals surface area (Å²) in [5.74, 6) is -0.197. The quantitative estimate of drug-likeness (QED) is 0.387. The Morgan fingerprint density at radius 2 is 1.93 bits per heavy atom. The van der Waals surface area contributed by atoms with E-state index in [9.17, 15) is 23.4 Å². The summed E-state index contributed by atoms with van der Waals surface area (Å²) in [5.41, 5.74) is 6.86. The lowest BCUT2D eigenvalue weighted by molar-refractivity contribution is -0.117. The van der Waals surface area contributed by atoms with Crippen molar-refractivity contribution < 1.29 is 28.2 Å². The number of rotatable bonds is 9. The zero-order chi connectivity index (χ0) is 20.9. The Morgan fingerprint density at radius 3 is 2.54 bits per heavy atom. The van der Waals surface area contributed by atoms with Crippen molar-refractivity contribution in [3.8, 4) is 11.5 Å². The second kappa shape index (κ2) is 8.81. The third-order valence-electron chi connectivity index (χ3n) is 3.86. The number of carbonyl (C=O) groups is 1. The molecule has 0 saturated carbocycles. The zero-order valence-electron chi connectivity index (χ0n) is 15.5. The van der Waals surface area contributed by atoms with Gasteiger partial charge in [-0.3, -0.25) is 9.52 Å². The van der Waals surface area contributed by atoms with E-state index in [1.807, 2.05) is 0 Å². The highest BCUT2D eigenvalue weighted by Crippen LogP contribution is 2.29. The van der Waals surface area contributed by atoms with Crippen LogP contribution in [0.2, 0.25) is 0 Å². The highest BCUT2D eigenvalue weighted by Gasteiger charge is 2.14. The summed E-state index contributed by atoms with van der Waals surface area (Å²) >= 11 is 0. The van der Waals surface area contributed by atoms with E-state index in [1.54, 1.807) is 18.2 Å². The number of aromatic hydroxyl groups is 1. The van der Waals surface area contributed by atoms with Crippen LogP contribution in [0.4, 0.5) is 11.4 Å². The summed E-state index contributed by atoms with van der Waals surface area (Å²) in [5, 5.41) is 23.2. The second-order valence-electron chi connectivity index (χ2n) is 6.21. The molecule has 0 saturated heterocycles. The van der Waals surface area contributed by atoms with Crippen molar-refractivity contribution in [1.82, 2.24) is 0 Å². The number of anilines is 2. The number of benzene rings is 2. The van der Waals surface area contributed by atoms with E-state index in [2.05, 4.69) is 10.0 Å². The highest BCUT2D eigenvalue weighted by atomic mass is 32.2. The molecular weight excluding hydrogens is 386 g/mol. The van der Waals surface area contributed by atoms with Crippen LogP contribution in [0.15, 0.2) is 36.4 Å². The van der Waals surface area contributed by atoms with Crippen molar-refractivity contribution in [3.05, 3.63) is 47.5 Å². The number of aliphatic hydroxyl groups excluding tert-OH is 1. The smallest absolute Gasteiger partial charge is 0.229 e. The molecule has 0 aliphatic rings. The van der Waals surface area contributed by atoms with Crippen LogP contribution in [0.1, 0.15) is 17.2 Å². The molecule has 28 heavy (non-hydrogen) atoms. The molecule has 152 valence electrons. The topological polar surface area (TPSA) is 151 Å². The van der Waals surface area contributed by atoms with Crippen LogP contribution >= 0.6 is 0 Å². The molecule has 0 fully saturated rings. The van der Waals surface area contributed by atoms with Gasteiger partial charge in [0.25, 0.3) is 0 Å². The number of amides is 1. The first-order chi connectivity index (χ1) is 13.1. The number of methoxy groups -OCH3 is 1. The average Bonchev–Trinajstić information content (AvgIpc) is 2.60. The van der Waals surface area contributed by atoms with Crippen LogP contribution < -0.4 is 20.5 Å². The molecule has 0 aliphatic heterocycles. The highest BCUT2D eigenvalue weighted by molar-refractivity contribution is 7.92. The SMILES string of the molecule is COc1ccc(NCC(O)c2ccc(O)c(NS(C)(=O)=O)c2)c(CC(N)=O)c1. The Balaban J connectivity index is 2.17. The fourth-order valence-corrected chi connectivity index (χ4v) is 3.13. The molecule has 1 atom stereocenters. The number of carbonyl (C=O) groups excluding carboxylic acids is 1. The van der Waals surface area contributed by atoms with E-state index in [4.69, 9.17) is 10.5 Å². The Morgan fingerprint density at radius 1 is 1.21 bits per heavy atom. The molecule has 10 heteroatoms. The molecule has 0 heterocycles. The minimum absolute atomic E-state index is 0.00271. The van der Waals surface area contributed by atoms with Crippen molar-refractivity contribution in [2.45, 2.75) is 12.5 Å². The summed E-state index contributed by atoms with van der Waals surface area (Å²) in [4.78, 5) is 11.3. The third kappa shape index (κ3) is 6.03. The molecule has 0 bridgehead atoms. The average molecular weight is 409 g/mol. The molecule has 1 unspecified atom stereocenters. The molecule has 6 N–H and O–H groups in total. The number of hydrogen-bond acceptors (Lipinski definition) is 7. The first-order valence-electron chi connectivity index (χ1n) is 8.27. The van der Waals surface area contributed by atoms with E-state index in [-0.39, 0.29) is 24.4 Å². The number of aliphatic hydroxyl groups is 1. The number of primary amides is 1. The molecule has 9 nitrogen and oxygen atoms in total. The minimum Gasteiger partial charge on any atom is -0.506 e. The second-order valence-corrected chi connectivity index (χ2v) is 7.96. The van der Waals surface area contributed by atoms with Gasteiger partial charge in [-0.25, -0.2) is 8.42 Å². The third-order valence-corrected chi connectivity index (χ3v) is 4.45. The Bertz CT molecular complexity index is 962. The lowest BCUT2D eigenvalue weighted by Crippen LogP contribution is -2.17. The van der Waals surface area contributed by atoms with E-state index in [1.165, 1.54) is 25.3 Å². The number of hydrogen-bond donors (Lipinski definition) is 5. The predicted molar refractivity (Wildman–Crippen MR) is 106 cm³/mol. The first kappa shape index (κ1) is 21.3. The predicted octanol–water partition coefficient (Wildman–Crippen LogP) is 0.946. The Labute approximate surface area is 163 Å². The van der Waals surface area contributed by atoms with Gasteiger partial charge in [-0.15, -0.1) is 0 Å². The molecule has 0 spiro atoms. The first-order valence-corrected chi connectivity index (χ1v) is 10.2. The fourth-order valence-electron chi connectivity index (χ4n) is 2.57. The molecule has 0 radical (unpaired) electrons. The van der Waals surface area contributed by atoms with Crippen LogP contribution in [0.5, 0.6) is 11.5 Å². The largest absolute Gasteiger partial charge is 0.506 e. The standard InChI is InChI=1S/C18H23N3O6S/c1-27-13-4-5-14(12(7-13)9-18(19)24)20-10-17(23)11-3-6-16(22)15(8-11)21-28(2,25)26/h3-8,17,20-23H,9-10H2,1-2H3,(H2,19,24). The van der Waals surface area contributed by atoms with Gasteiger partial charge in [0.15, 0.2) is 0 Å². The summed E-state index contributed by atoms with van der Waals surface area (Å²) in [6.45, 7) is 0.0706. The minimum atomic E-state index is -3.58. The lowest BCUT2D eigenvalue weighted by Gasteiger charge is -2.17. The normalized spacial score (nSPS) is 12.2. The fraction of sp³-hybridized carbons (Fsp3) is 0.278. The zero-order valence-corrected chi connectivity index (χ0v) is 16.3. The number of phenols is 1. The van der Waals surface area contributed by atoms with E-state index in [0.29, 0.717) is 22.6 Å². The van der Waals surface area contributed by atoms with Crippen LogP contribution in [-0.2, 0) is 21.2 Å². The number of nitrogens with one attached hydrogen (secondary N) is 2. The monoisotopic (exact) mass is 409 g/mol. The maximum absolute atomic E-state index is 11.4. The van der Waals surface area contributed by atoms with Crippen molar-refractivity contribution >= 4 is 27.3 Å². The van der Waals surface area contributed by atoms with Gasteiger partial charge in [-0.1, -0.05) is 6.07 Å². The molecule has 2 aromatic rings. The molecule has 0 aliphatic carbocycles. The van der Waals surface area contributed by atoms with Gasteiger partial charge < -0.3 is 26.0 Å².